The standard InChI is InChI=1S/C13H11N3O5/c17-11-5-4-10(12(18)14-11)15-6-8-7(13(15)19)2-1-3-9(8)16(20)21/h1-3,10H,4-6H2,(H,14,17,18)/t10-/m0/s1/i4D2,5D2,10D. The first-order chi connectivity index (χ1) is 11.9. The SMILES string of the molecule is [2H]C1([2H])C(=O)NC(=O)[C@@]([2H])(N2Cc3c(cccc3[N+](=O)[O-])C2=O)C1([2H])[2H]. The number of piperidine rings is 1. The van der Waals surface area contributed by atoms with Crippen LogP contribution in [0.2, 0.25) is 0 Å². The molecule has 0 unspecified atom stereocenters. The molecule has 0 saturated carbocycles. The number of nitrogens with zero attached hydrogens (tertiary/aromatic N) is 2. The van der Waals surface area contributed by atoms with Gasteiger partial charge in [0.1, 0.15) is 6.02 Å². The smallest absolute Gasteiger partial charge is 0.275 e. The molecule has 1 fully saturated rings. The van der Waals surface area contributed by atoms with E-state index in [0.717, 1.165) is 6.07 Å². The zero-order valence-electron chi connectivity index (χ0n) is 15.4. The molecule has 0 radical (unpaired) electrons. The van der Waals surface area contributed by atoms with Crippen LogP contribution >= 0.6 is 0 Å². The number of nitrogens with one attached hydrogen (secondary N) is 1. The van der Waals surface area contributed by atoms with Crippen LogP contribution in [0.5, 0.6) is 0 Å². The van der Waals surface area contributed by atoms with E-state index < -0.39 is 53.6 Å². The van der Waals surface area contributed by atoms with Crippen LogP contribution in [0.15, 0.2) is 18.2 Å². The van der Waals surface area contributed by atoms with Crippen molar-refractivity contribution < 1.29 is 26.2 Å². The lowest BCUT2D eigenvalue weighted by molar-refractivity contribution is -0.385. The molecule has 2 aliphatic rings. The maximum absolute atomic E-state index is 12.6. The number of rotatable bonds is 2. The number of benzene rings is 1. The highest BCUT2D eigenvalue weighted by Gasteiger charge is 2.41. The molecule has 3 rings (SSSR count). The van der Waals surface area contributed by atoms with E-state index in [-0.39, 0.29) is 11.1 Å². The molecule has 1 aromatic carbocycles. The summed E-state index contributed by atoms with van der Waals surface area (Å²) >= 11 is 0. The lowest BCUT2D eigenvalue weighted by Crippen LogP contribution is -2.52. The molecule has 1 atom stereocenters. The van der Waals surface area contributed by atoms with Crippen LogP contribution < -0.4 is 5.32 Å². The number of fused-ring (bicyclic) bond motifs is 1. The van der Waals surface area contributed by atoms with Gasteiger partial charge >= 0.3 is 0 Å². The number of nitro groups is 1. The highest BCUT2D eigenvalue weighted by atomic mass is 16.6. The molecule has 2 aliphatic heterocycles. The Hall–Kier alpha value is -2.77. The fourth-order valence-electron chi connectivity index (χ4n) is 2.22. The number of carbonyl (C=O) groups excluding carboxylic acids is 3. The van der Waals surface area contributed by atoms with Gasteiger partial charge in [-0.1, -0.05) is 6.07 Å². The highest BCUT2D eigenvalue weighted by molar-refractivity contribution is 6.05. The molecule has 0 aromatic heterocycles. The van der Waals surface area contributed by atoms with Crippen molar-refractivity contribution in [2.45, 2.75) is 25.3 Å². The summed E-state index contributed by atoms with van der Waals surface area (Å²) in [5.41, 5.74) is -0.750. The Bertz CT molecular complexity index is 889. The fraction of sp³-hybridized carbons (Fsp3) is 0.308. The second-order valence-electron chi connectivity index (χ2n) is 4.33. The fourth-order valence-corrected chi connectivity index (χ4v) is 2.22. The number of carbonyl (C=O) groups is 3. The van der Waals surface area contributed by atoms with Crippen LogP contribution in [-0.4, -0.2) is 33.6 Å². The van der Waals surface area contributed by atoms with Gasteiger partial charge in [0.15, 0.2) is 0 Å². The number of nitro benzene ring substituents is 1. The quantitative estimate of drug-likeness (QED) is 0.481. The number of hydrogen-bond donors (Lipinski definition) is 1. The highest BCUT2D eigenvalue weighted by Crippen LogP contribution is 2.33. The normalized spacial score (nSPS) is 33.0. The third-order valence-corrected chi connectivity index (χ3v) is 3.15. The van der Waals surface area contributed by atoms with Gasteiger partial charge in [0.2, 0.25) is 11.8 Å². The second kappa shape index (κ2) is 4.65. The predicted molar refractivity (Wildman–Crippen MR) is 69.1 cm³/mol. The maximum atomic E-state index is 12.6. The molecular weight excluding hydrogens is 278 g/mol. The molecule has 8 nitrogen and oxygen atoms in total. The van der Waals surface area contributed by atoms with Crippen molar-refractivity contribution in [2.75, 3.05) is 0 Å². The van der Waals surface area contributed by atoms with E-state index in [9.17, 15) is 24.5 Å². The van der Waals surface area contributed by atoms with E-state index in [4.69, 9.17) is 6.85 Å². The average Bonchev–Trinajstić information content (AvgIpc) is 2.89. The van der Waals surface area contributed by atoms with Crippen LogP contribution in [-0.2, 0) is 16.1 Å². The maximum Gasteiger partial charge on any atom is 0.275 e. The van der Waals surface area contributed by atoms with Gasteiger partial charge in [-0.3, -0.25) is 29.8 Å². The second-order valence-corrected chi connectivity index (χ2v) is 4.33. The van der Waals surface area contributed by atoms with Crippen LogP contribution in [0.4, 0.5) is 5.69 Å². The van der Waals surface area contributed by atoms with Crippen LogP contribution in [0.1, 0.15) is 35.5 Å². The summed E-state index contributed by atoms with van der Waals surface area (Å²) in [4.78, 5) is 47.4. The van der Waals surface area contributed by atoms with Crippen molar-refractivity contribution >= 4 is 23.4 Å². The summed E-state index contributed by atoms with van der Waals surface area (Å²) in [6.45, 7) is -0.647. The number of hydrogen-bond acceptors (Lipinski definition) is 5. The molecule has 0 spiro atoms. The predicted octanol–water partition coefficient (Wildman–Crippen LogP) is 0.356. The molecule has 1 aromatic rings. The van der Waals surface area contributed by atoms with Crippen LogP contribution in [0.3, 0.4) is 0 Å². The Morgan fingerprint density at radius 2 is 2.19 bits per heavy atom. The third kappa shape index (κ3) is 2.04. The van der Waals surface area contributed by atoms with Crippen molar-refractivity contribution in [3.8, 4) is 0 Å². The lowest BCUT2D eigenvalue weighted by Gasteiger charge is -2.29. The molecule has 1 N–H and O–H groups in total. The summed E-state index contributed by atoms with van der Waals surface area (Å²) < 4.78 is 39.5. The minimum absolute atomic E-state index is 0.116. The third-order valence-electron chi connectivity index (χ3n) is 3.15. The van der Waals surface area contributed by atoms with Gasteiger partial charge < -0.3 is 4.90 Å². The van der Waals surface area contributed by atoms with Crippen LogP contribution in [0.25, 0.3) is 0 Å². The molecular formula is C13H11N3O5. The van der Waals surface area contributed by atoms with E-state index in [2.05, 4.69) is 0 Å². The Kier molecular flexibility index (Phi) is 1.88. The van der Waals surface area contributed by atoms with E-state index in [0.29, 0.717) is 4.90 Å². The Labute approximate surface area is 125 Å². The molecule has 0 aliphatic carbocycles. The van der Waals surface area contributed by atoms with Crippen molar-refractivity contribution in [1.29, 1.82) is 0 Å². The summed E-state index contributed by atoms with van der Waals surface area (Å²) in [5, 5.41) is 12.7. The zero-order chi connectivity index (χ0) is 19.7. The first-order valence-electron chi connectivity index (χ1n) is 8.31. The summed E-state index contributed by atoms with van der Waals surface area (Å²) in [6.07, 6.45) is -6.70. The summed E-state index contributed by atoms with van der Waals surface area (Å²) in [5.74, 6) is -4.13. The van der Waals surface area contributed by atoms with Gasteiger partial charge in [0, 0.05) is 17.9 Å². The summed E-state index contributed by atoms with van der Waals surface area (Å²) in [6, 6.07) is 0.427. The Morgan fingerprint density at radius 1 is 1.43 bits per heavy atom. The molecule has 0 bridgehead atoms. The van der Waals surface area contributed by atoms with Crippen LogP contribution in [0, 0.1) is 10.1 Å². The Balaban J connectivity index is 2.16. The van der Waals surface area contributed by atoms with Crippen molar-refractivity contribution in [3.63, 3.8) is 0 Å². The largest absolute Gasteiger partial charge is 0.322 e. The number of amides is 3. The van der Waals surface area contributed by atoms with E-state index in [1.54, 1.807) is 5.32 Å². The molecule has 8 heteroatoms. The van der Waals surface area contributed by atoms with Gasteiger partial charge in [-0.15, -0.1) is 0 Å². The van der Waals surface area contributed by atoms with Gasteiger partial charge in [-0.05, 0) is 12.4 Å². The first-order valence-corrected chi connectivity index (χ1v) is 5.81. The average molecular weight is 294 g/mol. The molecule has 2 heterocycles. The lowest BCUT2D eigenvalue weighted by atomic mass is 10.0. The monoisotopic (exact) mass is 294 g/mol. The topological polar surface area (TPSA) is 110 Å². The molecule has 3 amide bonds. The molecule has 108 valence electrons. The van der Waals surface area contributed by atoms with E-state index in [1.165, 1.54) is 12.1 Å². The van der Waals surface area contributed by atoms with E-state index >= 15 is 0 Å². The molecule has 21 heavy (non-hydrogen) atoms. The zero-order valence-corrected chi connectivity index (χ0v) is 10.4. The van der Waals surface area contributed by atoms with Gasteiger partial charge in [0.25, 0.3) is 11.6 Å². The Morgan fingerprint density at radius 3 is 2.90 bits per heavy atom. The molecule has 1 saturated heterocycles. The summed E-state index contributed by atoms with van der Waals surface area (Å²) in [7, 11) is 0. The minimum Gasteiger partial charge on any atom is -0.322 e. The van der Waals surface area contributed by atoms with Gasteiger partial charge in [-0.25, -0.2) is 0 Å². The van der Waals surface area contributed by atoms with E-state index in [1.807, 2.05) is 0 Å². The van der Waals surface area contributed by atoms with Crippen molar-refractivity contribution in [3.05, 3.63) is 39.4 Å². The van der Waals surface area contributed by atoms with Gasteiger partial charge in [0.05, 0.1) is 24.0 Å². The first kappa shape index (κ1) is 8.50. The number of imide groups is 1. The van der Waals surface area contributed by atoms with Crippen molar-refractivity contribution in [2.24, 2.45) is 0 Å². The van der Waals surface area contributed by atoms with Crippen molar-refractivity contribution in [1.82, 2.24) is 10.2 Å². The van der Waals surface area contributed by atoms with Gasteiger partial charge in [-0.2, -0.15) is 0 Å². The minimum atomic E-state index is -3.41.